The van der Waals surface area contributed by atoms with Gasteiger partial charge >= 0.3 is 5.97 Å². The van der Waals surface area contributed by atoms with E-state index in [-0.39, 0.29) is 17.7 Å². The first-order valence-corrected chi connectivity index (χ1v) is 6.60. The van der Waals surface area contributed by atoms with Gasteiger partial charge in [0.1, 0.15) is 5.69 Å². The molecule has 0 atom stereocenters. The van der Waals surface area contributed by atoms with E-state index in [0.29, 0.717) is 18.7 Å². The molecule has 0 saturated carbocycles. The third kappa shape index (κ3) is 5.79. The highest BCUT2D eigenvalue weighted by molar-refractivity contribution is 5.94. The Balaban J connectivity index is 2.27. The molecule has 0 aliphatic heterocycles. The summed E-state index contributed by atoms with van der Waals surface area (Å²) in [7, 11) is 0. The molecule has 6 heteroatoms. The summed E-state index contributed by atoms with van der Waals surface area (Å²) in [5.74, 6) is -1.36. The lowest BCUT2D eigenvalue weighted by molar-refractivity contribution is 0.0689. The first-order chi connectivity index (χ1) is 9.50. The molecule has 0 spiro atoms. The topological polar surface area (TPSA) is 88.5 Å². The average Bonchev–Trinajstić information content (AvgIpc) is 2.42. The van der Waals surface area contributed by atoms with Crippen molar-refractivity contribution >= 4 is 11.9 Å². The number of nitrogens with one attached hydrogen (secondary N) is 1. The van der Waals surface area contributed by atoms with Gasteiger partial charge in [-0.1, -0.05) is 0 Å². The van der Waals surface area contributed by atoms with E-state index in [1.165, 1.54) is 18.3 Å². The zero-order chi connectivity index (χ0) is 15.0. The van der Waals surface area contributed by atoms with Gasteiger partial charge in [0.05, 0.1) is 11.7 Å². The van der Waals surface area contributed by atoms with E-state index in [4.69, 9.17) is 9.84 Å². The fourth-order valence-electron chi connectivity index (χ4n) is 1.50. The quantitative estimate of drug-likeness (QED) is 0.708. The molecule has 6 nitrogen and oxygen atoms in total. The fraction of sp³-hybridized carbons (Fsp3) is 0.500. The molecule has 1 rings (SSSR count). The Hall–Kier alpha value is -1.95. The van der Waals surface area contributed by atoms with E-state index in [0.717, 1.165) is 12.8 Å². The number of rotatable bonds is 8. The fourth-order valence-corrected chi connectivity index (χ4v) is 1.50. The maximum atomic E-state index is 11.7. The van der Waals surface area contributed by atoms with E-state index in [2.05, 4.69) is 10.3 Å². The number of nitrogens with zero attached hydrogens (tertiary/aromatic N) is 1. The van der Waals surface area contributed by atoms with Crippen molar-refractivity contribution in [3.05, 3.63) is 29.6 Å². The van der Waals surface area contributed by atoms with E-state index in [1.807, 2.05) is 13.8 Å². The molecule has 0 aliphatic carbocycles. The standard InChI is InChI=1S/C14H20N2O4/c1-10(2)20-8-4-3-7-15-13(17)11-5-6-12(14(18)19)16-9-11/h5-6,9-10H,3-4,7-8H2,1-2H3,(H,15,17)(H,18,19). The molecule has 2 N–H and O–H groups in total. The molecule has 0 aromatic carbocycles. The molecule has 20 heavy (non-hydrogen) atoms. The summed E-state index contributed by atoms with van der Waals surface area (Å²) in [6.45, 7) is 5.20. The van der Waals surface area contributed by atoms with Gasteiger partial charge in [0.25, 0.3) is 5.91 Å². The van der Waals surface area contributed by atoms with Crippen LogP contribution < -0.4 is 5.32 Å². The van der Waals surface area contributed by atoms with Crippen molar-refractivity contribution in [3.8, 4) is 0 Å². The number of pyridine rings is 1. The number of unbranched alkanes of at least 4 members (excludes halogenated alkanes) is 1. The van der Waals surface area contributed by atoms with Gasteiger partial charge in [-0.2, -0.15) is 0 Å². The van der Waals surface area contributed by atoms with E-state index in [1.54, 1.807) is 0 Å². The lowest BCUT2D eigenvalue weighted by Gasteiger charge is -2.08. The molecule has 1 aromatic heterocycles. The zero-order valence-electron chi connectivity index (χ0n) is 11.8. The van der Waals surface area contributed by atoms with Crippen LogP contribution in [0.1, 0.15) is 47.5 Å². The van der Waals surface area contributed by atoms with Gasteiger partial charge < -0.3 is 15.2 Å². The summed E-state index contributed by atoms with van der Waals surface area (Å²) >= 11 is 0. The van der Waals surface area contributed by atoms with Gasteiger partial charge in [0.2, 0.25) is 0 Å². The lowest BCUT2D eigenvalue weighted by atomic mass is 10.2. The Morgan fingerprint density at radius 1 is 1.35 bits per heavy atom. The van der Waals surface area contributed by atoms with Crippen molar-refractivity contribution < 1.29 is 19.4 Å². The van der Waals surface area contributed by atoms with Crippen LogP contribution in [0.5, 0.6) is 0 Å². The van der Waals surface area contributed by atoms with Crippen LogP contribution in [0.4, 0.5) is 0 Å². The summed E-state index contributed by atoms with van der Waals surface area (Å²) in [4.78, 5) is 26.1. The second-order valence-electron chi connectivity index (χ2n) is 4.62. The molecule has 0 radical (unpaired) electrons. The monoisotopic (exact) mass is 280 g/mol. The highest BCUT2D eigenvalue weighted by atomic mass is 16.5. The number of amides is 1. The smallest absolute Gasteiger partial charge is 0.354 e. The van der Waals surface area contributed by atoms with Gasteiger partial charge in [0, 0.05) is 19.3 Å². The van der Waals surface area contributed by atoms with E-state index in [9.17, 15) is 9.59 Å². The molecule has 0 bridgehead atoms. The van der Waals surface area contributed by atoms with Crippen LogP contribution in [0.15, 0.2) is 18.3 Å². The molecular formula is C14H20N2O4. The number of ether oxygens (including phenoxy) is 1. The predicted molar refractivity (Wildman–Crippen MR) is 73.9 cm³/mol. The Kier molecular flexibility index (Phi) is 6.66. The maximum Gasteiger partial charge on any atom is 0.354 e. The number of carbonyl (C=O) groups excluding carboxylic acids is 1. The largest absolute Gasteiger partial charge is 0.477 e. The van der Waals surface area contributed by atoms with Crippen LogP contribution >= 0.6 is 0 Å². The van der Waals surface area contributed by atoms with Gasteiger partial charge in [0.15, 0.2) is 0 Å². The lowest BCUT2D eigenvalue weighted by Crippen LogP contribution is -2.25. The molecule has 0 unspecified atom stereocenters. The SMILES string of the molecule is CC(C)OCCCCNC(=O)c1ccc(C(=O)O)nc1. The van der Waals surface area contributed by atoms with Crippen LogP contribution in [0.3, 0.4) is 0 Å². The Morgan fingerprint density at radius 2 is 2.10 bits per heavy atom. The molecule has 110 valence electrons. The van der Waals surface area contributed by atoms with Crippen LogP contribution in [0.2, 0.25) is 0 Å². The van der Waals surface area contributed by atoms with Gasteiger partial charge in [-0.3, -0.25) is 4.79 Å². The second-order valence-corrected chi connectivity index (χ2v) is 4.62. The number of carboxylic acids is 1. The summed E-state index contributed by atoms with van der Waals surface area (Å²) < 4.78 is 5.39. The molecule has 0 saturated heterocycles. The van der Waals surface area contributed by atoms with Gasteiger partial charge in [-0.05, 0) is 38.8 Å². The minimum atomic E-state index is -1.11. The van der Waals surface area contributed by atoms with Crippen molar-refractivity contribution in [2.75, 3.05) is 13.2 Å². The molecule has 1 amide bonds. The highest BCUT2D eigenvalue weighted by Gasteiger charge is 2.08. The number of aromatic nitrogens is 1. The minimum Gasteiger partial charge on any atom is -0.477 e. The van der Waals surface area contributed by atoms with Crippen molar-refractivity contribution in [3.63, 3.8) is 0 Å². The maximum absolute atomic E-state index is 11.7. The Labute approximate surface area is 118 Å². The van der Waals surface area contributed by atoms with E-state index >= 15 is 0 Å². The number of hydrogen-bond donors (Lipinski definition) is 2. The molecule has 0 fully saturated rings. The normalized spacial score (nSPS) is 10.6. The number of carboxylic acid groups (broad SMARTS) is 1. The molecule has 1 heterocycles. The van der Waals surface area contributed by atoms with Crippen LogP contribution in [0, 0.1) is 0 Å². The molecule has 1 aromatic rings. The van der Waals surface area contributed by atoms with Crippen molar-refractivity contribution in [1.29, 1.82) is 0 Å². The summed E-state index contributed by atoms with van der Waals surface area (Å²) in [5, 5.41) is 11.5. The molecule has 0 aliphatic rings. The van der Waals surface area contributed by atoms with Crippen LogP contribution in [-0.4, -0.2) is 41.2 Å². The summed E-state index contributed by atoms with van der Waals surface area (Å²) in [5.41, 5.74) is 0.279. The number of hydrogen-bond acceptors (Lipinski definition) is 4. The average molecular weight is 280 g/mol. The van der Waals surface area contributed by atoms with Crippen molar-refractivity contribution in [1.82, 2.24) is 10.3 Å². The predicted octanol–water partition coefficient (Wildman–Crippen LogP) is 1.71. The van der Waals surface area contributed by atoms with Gasteiger partial charge in [-0.25, -0.2) is 9.78 Å². The summed E-state index contributed by atoms with van der Waals surface area (Å²) in [6, 6.07) is 2.77. The summed E-state index contributed by atoms with van der Waals surface area (Å²) in [6.07, 6.45) is 3.21. The highest BCUT2D eigenvalue weighted by Crippen LogP contribution is 2.01. The third-order valence-electron chi connectivity index (χ3n) is 2.55. The second kappa shape index (κ2) is 8.27. The van der Waals surface area contributed by atoms with E-state index < -0.39 is 5.97 Å². The van der Waals surface area contributed by atoms with Crippen LogP contribution in [-0.2, 0) is 4.74 Å². The minimum absolute atomic E-state index is 0.0765. The van der Waals surface area contributed by atoms with Crippen LogP contribution in [0.25, 0.3) is 0 Å². The van der Waals surface area contributed by atoms with Crippen molar-refractivity contribution in [2.24, 2.45) is 0 Å². The Morgan fingerprint density at radius 3 is 2.65 bits per heavy atom. The number of carbonyl (C=O) groups is 2. The first-order valence-electron chi connectivity index (χ1n) is 6.60. The Bertz CT molecular complexity index is 443. The first kappa shape index (κ1) is 16.1. The third-order valence-corrected chi connectivity index (χ3v) is 2.55. The van der Waals surface area contributed by atoms with Gasteiger partial charge in [-0.15, -0.1) is 0 Å². The molecular weight excluding hydrogens is 260 g/mol. The van der Waals surface area contributed by atoms with Crippen molar-refractivity contribution in [2.45, 2.75) is 32.8 Å². The number of aromatic carboxylic acids is 1. The zero-order valence-corrected chi connectivity index (χ0v) is 11.8.